The van der Waals surface area contributed by atoms with Crippen LogP contribution < -0.4 is 0 Å². The molecular formula is C40H30N4. The molecule has 0 saturated carbocycles. The second-order valence-corrected chi connectivity index (χ2v) is 11.7. The van der Waals surface area contributed by atoms with E-state index in [4.69, 9.17) is 19.9 Å². The first-order valence-electron chi connectivity index (χ1n) is 15.0. The van der Waals surface area contributed by atoms with Gasteiger partial charge in [0.1, 0.15) is 0 Å². The predicted octanol–water partition coefficient (Wildman–Crippen LogP) is 10.1. The second-order valence-electron chi connectivity index (χ2n) is 11.7. The molecule has 4 aromatic heterocycles. The number of hydrogen-bond acceptors (Lipinski definition) is 4. The fourth-order valence-electron chi connectivity index (χ4n) is 6.54. The van der Waals surface area contributed by atoms with Gasteiger partial charge in [-0.05, 0) is 90.4 Å². The predicted molar refractivity (Wildman–Crippen MR) is 183 cm³/mol. The zero-order valence-corrected chi connectivity index (χ0v) is 25.2. The molecule has 0 radical (unpaired) electrons. The van der Waals surface area contributed by atoms with Crippen molar-refractivity contribution in [1.82, 2.24) is 19.9 Å². The lowest BCUT2D eigenvalue weighted by molar-refractivity contribution is 1.25. The highest BCUT2D eigenvalue weighted by molar-refractivity contribution is 6.12. The summed E-state index contributed by atoms with van der Waals surface area (Å²) < 4.78 is 0. The van der Waals surface area contributed by atoms with E-state index in [2.05, 4.69) is 113 Å². The molecule has 8 rings (SSSR count). The number of benzene rings is 4. The zero-order chi connectivity index (χ0) is 29.9. The maximum absolute atomic E-state index is 5.30. The number of aryl methyl sites for hydroxylation is 3. The van der Waals surface area contributed by atoms with Crippen molar-refractivity contribution in [1.29, 1.82) is 0 Å². The molecule has 4 nitrogen and oxygen atoms in total. The van der Waals surface area contributed by atoms with Gasteiger partial charge in [-0.15, -0.1) is 0 Å². The second kappa shape index (κ2) is 10.1. The maximum atomic E-state index is 5.30. The van der Waals surface area contributed by atoms with Crippen molar-refractivity contribution < 1.29 is 0 Å². The molecule has 8 aromatic rings. The Morgan fingerprint density at radius 3 is 1.70 bits per heavy atom. The number of fused-ring (bicyclic) bond motifs is 6. The van der Waals surface area contributed by atoms with Crippen LogP contribution >= 0.6 is 0 Å². The monoisotopic (exact) mass is 566 g/mol. The largest absolute Gasteiger partial charge is 0.254 e. The van der Waals surface area contributed by atoms with Crippen molar-refractivity contribution in [3.05, 3.63) is 132 Å². The first-order valence-corrected chi connectivity index (χ1v) is 15.0. The van der Waals surface area contributed by atoms with Crippen molar-refractivity contribution in [2.24, 2.45) is 0 Å². The Bertz CT molecular complexity index is 2430. The minimum Gasteiger partial charge on any atom is -0.254 e. The minimum atomic E-state index is 0.905. The van der Waals surface area contributed by atoms with Crippen LogP contribution in [-0.2, 0) is 0 Å². The molecule has 4 aromatic carbocycles. The summed E-state index contributed by atoms with van der Waals surface area (Å²) in [4.78, 5) is 19.8. The van der Waals surface area contributed by atoms with Gasteiger partial charge in [-0.3, -0.25) is 15.0 Å². The Morgan fingerprint density at radius 2 is 1.00 bits per heavy atom. The molecule has 0 aliphatic heterocycles. The topological polar surface area (TPSA) is 51.6 Å². The number of nitrogens with zero attached hydrogens (tertiary/aromatic N) is 4. The Kier molecular flexibility index (Phi) is 5.98. The van der Waals surface area contributed by atoms with Crippen molar-refractivity contribution in [2.75, 3.05) is 0 Å². The third kappa shape index (κ3) is 3.99. The van der Waals surface area contributed by atoms with E-state index in [-0.39, 0.29) is 0 Å². The van der Waals surface area contributed by atoms with Crippen LogP contribution in [0.1, 0.15) is 22.3 Å². The van der Waals surface area contributed by atoms with Crippen LogP contribution in [0, 0.1) is 27.7 Å². The Morgan fingerprint density at radius 1 is 0.432 bits per heavy atom. The van der Waals surface area contributed by atoms with Gasteiger partial charge >= 0.3 is 0 Å². The van der Waals surface area contributed by atoms with Crippen LogP contribution in [0.3, 0.4) is 0 Å². The van der Waals surface area contributed by atoms with E-state index in [0.29, 0.717) is 0 Å². The summed E-state index contributed by atoms with van der Waals surface area (Å²) in [5.41, 5.74) is 15.2. The third-order valence-corrected chi connectivity index (χ3v) is 9.23. The molecule has 4 heteroatoms. The Balaban J connectivity index is 1.31. The van der Waals surface area contributed by atoms with Gasteiger partial charge in [0, 0.05) is 45.7 Å². The highest BCUT2D eigenvalue weighted by atomic mass is 14.8. The molecule has 0 spiro atoms. The molecule has 0 unspecified atom stereocenters. The highest BCUT2D eigenvalue weighted by Gasteiger charge is 2.17. The molecular weight excluding hydrogens is 536 g/mol. The molecule has 0 aliphatic rings. The van der Waals surface area contributed by atoms with Gasteiger partial charge in [-0.25, -0.2) is 4.98 Å². The Labute approximate surface area is 256 Å². The van der Waals surface area contributed by atoms with Gasteiger partial charge < -0.3 is 0 Å². The lowest BCUT2D eigenvalue weighted by atomic mass is 9.93. The van der Waals surface area contributed by atoms with Crippen molar-refractivity contribution >= 4 is 43.6 Å². The number of pyridine rings is 4. The molecule has 4 heterocycles. The number of aromatic nitrogens is 4. The molecule has 0 fully saturated rings. The van der Waals surface area contributed by atoms with Crippen LogP contribution in [0.25, 0.3) is 77.1 Å². The molecule has 0 aliphatic carbocycles. The van der Waals surface area contributed by atoms with Crippen LogP contribution in [0.5, 0.6) is 0 Å². The summed E-state index contributed by atoms with van der Waals surface area (Å²) in [5.74, 6) is 0. The third-order valence-electron chi connectivity index (χ3n) is 9.23. The van der Waals surface area contributed by atoms with Gasteiger partial charge in [0.25, 0.3) is 0 Å². The summed E-state index contributed by atoms with van der Waals surface area (Å²) in [7, 11) is 0. The number of rotatable bonds is 3. The summed E-state index contributed by atoms with van der Waals surface area (Å²) in [5, 5.41) is 4.49. The minimum absolute atomic E-state index is 0.905. The Hall–Kier alpha value is -5.48. The van der Waals surface area contributed by atoms with Crippen LogP contribution in [0.15, 0.2) is 110 Å². The molecule has 44 heavy (non-hydrogen) atoms. The van der Waals surface area contributed by atoms with Gasteiger partial charge in [-0.2, -0.15) is 0 Å². The van der Waals surface area contributed by atoms with Gasteiger partial charge in [-0.1, -0.05) is 72.8 Å². The van der Waals surface area contributed by atoms with Crippen molar-refractivity contribution in [2.45, 2.75) is 27.7 Å². The van der Waals surface area contributed by atoms with Crippen LogP contribution in [0.4, 0.5) is 0 Å². The summed E-state index contributed by atoms with van der Waals surface area (Å²) in [6, 6.07) is 32.1. The van der Waals surface area contributed by atoms with Gasteiger partial charge in [0.15, 0.2) is 0 Å². The van der Waals surface area contributed by atoms with E-state index in [9.17, 15) is 0 Å². The maximum Gasteiger partial charge on any atom is 0.0975 e. The normalized spacial score (nSPS) is 11.6. The fraction of sp³-hybridized carbons (Fsp3) is 0.100. The van der Waals surface area contributed by atoms with E-state index in [1.807, 2.05) is 24.7 Å². The van der Waals surface area contributed by atoms with Crippen molar-refractivity contribution in [3.8, 4) is 33.5 Å². The molecule has 0 atom stereocenters. The zero-order valence-electron chi connectivity index (χ0n) is 25.2. The summed E-state index contributed by atoms with van der Waals surface area (Å²) in [6.07, 6.45) is 5.74. The summed E-state index contributed by atoms with van der Waals surface area (Å²) in [6.45, 7) is 8.64. The van der Waals surface area contributed by atoms with Crippen LogP contribution in [0.2, 0.25) is 0 Å². The molecule has 0 saturated heterocycles. The highest BCUT2D eigenvalue weighted by Crippen LogP contribution is 2.38. The van der Waals surface area contributed by atoms with E-state index in [1.54, 1.807) is 0 Å². The first kappa shape index (κ1) is 26.2. The van der Waals surface area contributed by atoms with E-state index in [0.717, 1.165) is 71.6 Å². The van der Waals surface area contributed by atoms with Crippen molar-refractivity contribution in [3.63, 3.8) is 0 Å². The SMILES string of the molecule is Cc1cnc2c(ccc3c(C)c(C)c(-c4cccc(-c5ccnc6c5ccc5c(-c7ccccc7)ccnc56)c4)nc32)c1C. The standard InChI is InChI=1S/C40H30N4/c1-23-22-43-37-30(24(23)2)13-14-31-25(3)26(4)36(44-40(31)37)29-12-8-11-28(21-29)33-18-20-42-39-35(33)16-15-34-32(17-19-41-38(34)39)27-9-6-5-7-10-27/h5-22H,1-4H3. The van der Waals surface area contributed by atoms with E-state index >= 15 is 0 Å². The molecule has 0 amide bonds. The van der Waals surface area contributed by atoms with E-state index < -0.39 is 0 Å². The first-order chi connectivity index (χ1) is 21.5. The molecule has 210 valence electrons. The van der Waals surface area contributed by atoms with Gasteiger partial charge in [0.2, 0.25) is 0 Å². The quantitative estimate of drug-likeness (QED) is 0.200. The average molecular weight is 567 g/mol. The van der Waals surface area contributed by atoms with Gasteiger partial charge in [0.05, 0.1) is 27.8 Å². The molecule has 0 bridgehead atoms. The molecule has 0 N–H and O–H groups in total. The summed E-state index contributed by atoms with van der Waals surface area (Å²) >= 11 is 0. The number of hydrogen-bond donors (Lipinski definition) is 0. The lowest BCUT2D eigenvalue weighted by Crippen LogP contribution is -1.98. The lowest BCUT2D eigenvalue weighted by Gasteiger charge is -2.15. The van der Waals surface area contributed by atoms with E-state index in [1.165, 1.54) is 27.8 Å². The van der Waals surface area contributed by atoms with Crippen LogP contribution in [-0.4, -0.2) is 19.9 Å². The fourth-order valence-corrected chi connectivity index (χ4v) is 6.54. The smallest absolute Gasteiger partial charge is 0.0975 e. The average Bonchev–Trinajstić information content (AvgIpc) is 3.07.